The maximum Gasteiger partial charge on any atom is 0.252 e. The van der Waals surface area contributed by atoms with Crippen LogP contribution in [0.4, 0.5) is 0 Å². The molecule has 2 aromatic rings. The highest BCUT2D eigenvalue weighted by molar-refractivity contribution is 9.11. The number of thiophene rings is 2. The van der Waals surface area contributed by atoms with Crippen molar-refractivity contribution in [1.29, 1.82) is 0 Å². The maximum atomic E-state index is 11.8. The van der Waals surface area contributed by atoms with E-state index in [1.807, 2.05) is 23.6 Å². The van der Waals surface area contributed by atoms with Crippen molar-refractivity contribution in [3.8, 4) is 11.8 Å². The molecular weight excluding hydrogens is 344 g/mol. The van der Waals surface area contributed by atoms with Gasteiger partial charge < -0.3 is 11.1 Å². The molecular formula is C13H11BrN2OS2. The molecule has 3 N–H and O–H groups in total. The topological polar surface area (TPSA) is 55.1 Å². The summed E-state index contributed by atoms with van der Waals surface area (Å²) in [5.41, 5.74) is 6.00. The number of hydrogen-bond donors (Lipinski definition) is 2. The summed E-state index contributed by atoms with van der Waals surface area (Å²) in [6, 6.07) is 5.72. The van der Waals surface area contributed by atoms with E-state index in [-0.39, 0.29) is 5.91 Å². The molecule has 6 heteroatoms. The molecule has 0 saturated heterocycles. The van der Waals surface area contributed by atoms with E-state index in [0.717, 1.165) is 13.5 Å². The standard InChI is InChI=1S/C13H11BrN2OS2/c14-12-6-9(8-18-12)13(17)16-7-11-4-3-10(19-11)2-1-5-15/h3-4,6,8H,5,7,15H2,(H,16,17). The molecule has 2 heterocycles. The molecule has 0 fully saturated rings. The summed E-state index contributed by atoms with van der Waals surface area (Å²) in [4.78, 5) is 13.9. The van der Waals surface area contributed by atoms with E-state index < -0.39 is 0 Å². The van der Waals surface area contributed by atoms with Gasteiger partial charge in [0.25, 0.3) is 5.91 Å². The lowest BCUT2D eigenvalue weighted by atomic mass is 10.3. The van der Waals surface area contributed by atoms with Crippen LogP contribution in [-0.4, -0.2) is 12.5 Å². The zero-order valence-corrected chi connectivity index (χ0v) is 13.1. The van der Waals surface area contributed by atoms with Crippen molar-refractivity contribution < 1.29 is 4.79 Å². The SMILES string of the molecule is NCC#Cc1ccc(CNC(=O)c2csc(Br)c2)s1. The van der Waals surface area contributed by atoms with Crippen LogP contribution in [0.15, 0.2) is 27.4 Å². The number of rotatable bonds is 3. The van der Waals surface area contributed by atoms with Gasteiger partial charge in [-0.2, -0.15) is 0 Å². The molecule has 0 spiro atoms. The summed E-state index contributed by atoms with van der Waals surface area (Å²) < 4.78 is 0.952. The van der Waals surface area contributed by atoms with E-state index >= 15 is 0 Å². The Labute approximate surface area is 128 Å². The Morgan fingerprint density at radius 1 is 1.47 bits per heavy atom. The molecule has 1 amide bonds. The van der Waals surface area contributed by atoms with Crippen LogP contribution in [-0.2, 0) is 6.54 Å². The van der Waals surface area contributed by atoms with Gasteiger partial charge in [0.05, 0.1) is 27.3 Å². The Hall–Kier alpha value is -1.13. The van der Waals surface area contributed by atoms with E-state index in [9.17, 15) is 4.79 Å². The lowest BCUT2D eigenvalue weighted by molar-refractivity contribution is 0.0951. The van der Waals surface area contributed by atoms with Gasteiger partial charge in [0.15, 0.2) is 0 Å². The normalized spacial score (nSPS) is 9.79. The molecule has 0 aromatic carbocycles. The molecule has 3 nitrogen and oxygen atoms in total. The van der Waals surface area contributed by atoms with Crippen molar-refractivity contribution in [1.82, 2.24) is 5.32 Å². The highest BCUT2D eigenvalue weighted by atomic mass is 79.9. The lowest BCUT2D eigenvalue weighted by Gasteiger charge is -2.00. The summed E-state index contributed by atoms with van der Waals surface area (Å²) >= 11 is 6.40. The van der Waals surface area contributed by atoms with Gasteiger partial charge in [0.1, 0.15) is 0 Å². The van der Waals surface area contributed by atoms with Crippen LogP contribution in [0.3, 0.4) is 0 Å². The molecule has 0 aliphatic heterocycles. The van der Waals surface area contributed by atoms with Crippen molar-refractivity contribution in [2.75, 3.05) is 6.54 Å². The van der Waals surface area contributed by atoms with Crippen LogP contribution < -0.4 is 11.1 Å². The molecule has 0 atom stereocenters. The molecule has 0 bridgehead atoms. The van der Waals surface area contributed by atoms with Gasteiger partial charge in [-0.15, -0.1) is 22.7 Å². The van der Waals surface area contributed by atoms with E-state index in [0.29, 0.717) is 18.7 Å². The Balaban J connectivity index is 1.92. The minimum Gasteiger partial charge on any atom is -0.347 e. The first-order chi connectivity index (χ1) is 9.19. The van der Waals surface area contributed by atoms with Gasteiger partial charge >= 0.3 is 0 Å². The summed E-state index contributed by atoms with van der Waals surface area (Å²) in [6.07, 6.45) is 0. The second kappa shape index (κ2) is 6.87. The Morgan fingerprint density at radius 2 is 2.32 bits per heavy atom. The van der Waals surface area contributed by atoms with Crippen molar-refractivity contribution in [2.45, 2.75) is 6.54 Å². The number of nitrogens with two attached hydrogens (primary N) is 1. The smallest absolute Gasteiger partial charge is 0.252 e. The Morgan fingerprint density at radius 3 is 3.00 bits per heavy atom. The first kappa shape index (κ1) is 14.3. The first-order valence-electron chi connectivity index (χ1n) is 5.49. The van der Waals surface area contributed by atoms with Gasteiger partial charge in [-0.3, -0.25) is 4.79 Å². The van der Waals surface area contributed by atoms with Crippen molar-refractivity contribution in [3.63, 3.8) is 0 Å². The predicted molar refractivity (Wildman–Crippen MR) is 83.4 cm³/mol. The van der Waals surface area contributed by atoms with E-state index in [4.69, 9.17) is 5.73 Å². The van der Waals surface area contributed by atoms with Gasteiger partial charge in [-0.05, 0) is 34.1 Å². The van der Waals surface area contributed by atoms with Gasteiger partial charge in [-0.25, -0.2) is 0 Å². The molecule has 0 radical (unpaired) electrons. The number of halogens is 1. The second-order valence-corrected chi connectivity index (χ2v) is 7.05. The summed E-state index contributed by atoms with van der Waals surface area (Å²) in [5.74, 6) is 5.72. The summed E-state index contributed by atoms with van der Waals surface area (Å²) in [7, 11) is 0. The third kappa shape index (κ3) is 4.18. The third-order valence-electron chi connectivity index (χ3n) is 2.23. The average Bonchev–Trinajstić information content (AvgIpc) is 3.02. The molecule has 19 heavy (non-hydrogen) atoms. The van der Waals surface area contributed by atoms with E-state index in [2.05, 4.69) is 33.1 Å². The molecule has 0 aliphatic rings. The number of carbonyl (C=O) groups is 1. The lowest BCUT2D eigenvalue weighted by Crippen LogP contribution is -2.21. The van der Waals surface area contributed by atoms with Crippen LogP contribution in [0.2, 0.25) is 0 Å². The number of hydrogen-bond acceptors (Lipinski definition) is 4. The van der Waals surface area contributed by atoms with Crippen LogP contribution >= 0.6 is 38.6 Å². The maximum absolute atomic E-state index is 11.8. The summed E-state index contributed by atoms with van der Waals surface area (Å²) in [6.45, 7) is 0.873. The minimum absolute atomic E-state index is 0.0649. The number of nitrogens with one attached hydrogen (secondary N) is 1. The fourth-order valence-corrected chi connectivity index (χ4v) is 3.34. The predicted octanol–water partition coefficient (Wildman–Crippen LogP) is 2.81. The van der Waals surface area contributed by atoms with Gasteiger partial charge in [0, 0.05) is 10.3 Å². The molecule has 0 saturated carbocycles. The molecule has 0 aliphatic carbocycles. The number of carbonyl (C=O) groups excluding carboxylic acids is 1. The van der Waals surface area contributed by atoms with Crippen LogP contribution in [0, 0.1) is 11.8 Å². The second-order valence-electron chi connectivity index (χ2n) is 3.59. The van der Waals surface area contributed by atoms with Crippen molar-refractivity contribution in [3.05, 3.63) is 42.7 Å². The molecule has 98 valence electrons. The first-order valence-corrected chi connectivity index (χ1v) is 7.98. The minimum atomic E-state index is -0.0649. The third-order valence-corrected chi connectivity index (χ3v) is 4.73. The van der Waals surface area contributed by atoms with Gasteiger partial charge in [0.2, 0.25) is 0 Å². The van der Waals surface area contributed by atoms with Crippen LogP contribution in [0.5, 0.6) is 0 Å². The zero-order valence-electron chi connectivity index (χ0n) is 9.90. The summed E-state index contributed by atoms with van der Waals surface area (Å²) in [5, 5.41) is 4.71. The van der Waals surface area contributed by atoms with Crippen molar-refractivity contribution >= 4 is 44.5 Å². The largest absolute Gasteiger partial charge is 0.347 e. The number of amides is 1. The monoisotopic (exact) mass is 354 g/mol. The quantitative estimate of drug-likeness (QED) is 0.832. The van der Waals surface area contributed by atoms with Gasteiger partial charge in [-0.1, -0.05) is 11.8 Å². The highest BCUT2D eigenvalue weighted by Crippen LogP contribution is 2.21. The fraction of sp³-hybridized carbons (Fsp3) is 0.154. The van der Waals surface area contributed by atoms with Crippen molar-refractivity contribution in [2.24, 2.45) is 5.73 Å². The van der Waals surface area contributed by atoms with E-state index in [1.54, 1.807) is 11.3 Å². The molecule has 0 unspecified atom stereocenters. The zero-order chi connectivity index (χ0) is 13.7. The fourth-order valence-electron chi connectivity index (χ4n) is 1.38. The average molecular weight is 355 g/mol. The van der Waals surface area contributed by atoms with Crippen LogP contribution in [0.25, 0.3) is 0 Å². The Bertz CT molecular complexity index is 636. The molecule has 2 rings (SSSR count). The molecule has 2 aromatic heterocycles. The Kier molecular flexibility index (Phi) is 5.16. The highest BCUT2D eigenvalue weighted by Gasteiger charge is 2.08. The van der Waals surface area contributed by atoms with Crippen LogP contribution in [0.1, 0.15) is 20.1 Å². The van der Waals surface area contributed by atoms with E-state index in [1.165, 1.54) is 11.3 Å².